The number of nitrogens with zero attached hydrogens (tertiary/aromatic N) is 1. The van der Waals surface area contributed by atoms with Gasteiger partial charge in [-0.15, -0.1) is 0 Å². The van der Waals surface area contributed by atoms with Crippen molar-refractivity contribution in [3.63, 3.8) is 0 Å². The molecule has 4 rings (SSSR count). The molecule has 6 N–H and O–H groups in total. The lowest BCUT2D eigenvalue weighted by Gasteiger charge is -2.09. The molecule has 0 aliphatic rings. The molecule has 0 saturated carbocycles. The number of hydrogen-bond donors (Lipinski definition) is 5. The number of carbonyl (C=O) groups is 2. The Kier molecular flexibility index (Phi) is 8.82. The first kappa shape index (κ1) is 27.2. The normalized spacial score (nSPS) is 10.7. The summed E-state index contributed by atoms with van der Waals surface area (Å²) >= 11 is 0. The van der Waals surface area contributed by atoms with Crippen molar-refractivity contribution in [1.29, 1.82) is 0 Å². The van der Waals surface area contributed by atoms with Gasteiger partial charge in [0.05, 0.1) is 17.1 Å². The number of carbonyl (C=O) groups excluding carboxylic acids is 2. The van der Waals surface area contributed by atoms with Crippen molar-refractivity contribution in [1.82, 2.24) is 15.5 Å². The summed E-state index contributed by atoms with van der Waals surface area (Å²) in [7, 11) is 0. The van der Waals surface area contributed by atoms with Crippen molar-refractivity contribution in [2.24, 2.45) is 0 Å². The molecule has 0 radical (unpaired) electrons. The highest BCUT2D eigenvalue weighted by Crippen LogP contribution is 2.26. The number of nitrogens with two attached hydrogens (primary N) is 1. The zero-order valence-corrected chi connectivity index (χ0v) is 20.9. The SMILES string of the molecule is Nc1cc(F)ccc1NC(=O)CCCCCNC(=O)c1cc(-c2ccc(Nc3c(F)cccc3F)cc2)n[nH]1. The van der Waals surface area contributed by atoms with E-state index in [9.17, 15) is 22.8 Å². The third kappa shape index (κ3) is 7.37. The Balaban J connectivity index is 1.18. The number of anilines is 4. The van der Waals surface area contributed by atoms with Crippen LogP contribution in [0.25, 0.3) is 11.3 Å². The van der Waals surface area contributed by atoms with Gasteiger partial charge in [-0.1, -0.05) is 24.6 Å². The lowest BCUT2D eigenvalue weighted by atomic mass is 10.1. The minimum absolute atomic E-state index is 0.165. The van der Waals surface area contributed by atoms with Crippen LogP contribution in [0.3, 0.4) is 0 Å². The van der Waals surface area contributed by atoms with E-state index < -0.39 is 17.5 Å². The summed E-state index contributed by atoms with van der Waals surface area (Å²) < 4.78 is 40.8. The Morgan fingerprint density at radius 1 is 0.897 bits per heavy atom. The van der Waals surface area contributed by atoms with Crippen LogP contribution in [0.4, 0.5) is 35.9 Å². The summed E-state index contributed by atoms with van der Waals surface area (Å²) in [6, 6.07) is 15.8. The predicted octanol–water partition coefficient (Wildman–Crippen LogP) is 5.75. The van der Waals surface area contributed by atoms with Gasteiger partial charge < -0.3 is 21.7 Å². The minimum atomic E-state index is -0.694. The number of nitrogens with one attached hydrogen (secondary N) is 4. The Morgan fingerprint density at radius 3 is 2.36 bits per heavy atom. The van der Waals surface area contributed by atoms with Crippen LogP contribution < -0.4 is 21.7 Å². The average Bonchev–Trinajstić information content (AvgIpc) is 3.41. The third-order valence-electron chi connectivity index (χ3n) is 5.89. The van der Waals surface area contributed by atoms with E-state index in [0.717, 1.165) is 12.5 Å². The van der Waals surface area contributed by atoms with Gasteiger partial charge in [-0.05, 0) is 61.4 Å². The molecule has 4 aromatic rings. The Bertz CT molecular complexity index is 1440. The van der Waals surface area contributed by atoms with Gasteiger partial charge >= 0.3 is 0 Å². The Labute approximate surface area is 222 Å². The molecule has 0 atom stereocenters. The Hall–Kier alpha value is -4.80. The molecular formula is C28H27F3N6O2. The number of benzene rings is 3. The van der Waals surface area contributed by atoms with Crippen LogP contribution in [0.5, 0.6) is 0 Å². The van der Waals surface area contributed by atoms with Crippen molar-refractivity contribution in [2.45, 2.75) is 25.7 Å². The molecule has 1 heterocycles. The summed E-state index contributed by atoms with van der Waals surface area (Å²) in [6.07, 6.45) is 2.29. The fourth-order valence-electron chi connectivity index (χ4n) is 3.82. The molecule has 0 saturated heterocycles. The molecular weight excluding hydrogens is 509 g/mol. The molecule has 3 aromatic carbocycles. The van der Waals surface area contributed by atoms with Crippen LogP contribution >= 0.6 is 0 Å². The van der Waals surface area contributed by atoms with E-state index in [1.54, 1.807) is 30.3 Å². The number of halogens is 3. The van der Waals surface area contributed by atoms with Crippen molar-refractivity contribution in [2.75, 3.05) is 22.9 Å². The maximum absolute atomic E-state index is 13.9. The fraction of sp³-hybridized carbons (Fsp3) is 0.179. The highest BCUT2D eigenvalue weighted by atomic mass is 19.1. The molecule has 0 aliphatic carbocycles. The summed E-state index contributed by atoms with van der Waals surface area (Å²) in [5.41, 5.74) is 8.03. The lowest BCUT2D eigenvalue weighted by molar-refractivity contribution is -0.116. The van der Waals surface area contributed by atoms with Gasteiger partial charge in [0.25, 0.3) is 5.91 Å². The number of nitrogen functional groups attached to an aromatic ring is 1. The molecule has 39 heavy (non-hydrogen) atoms. The van der Waals surface area contributed by atoms with Gasteiger partial charge in [0.1, 0.15) is 28.8 Å². The second-order valence-corrected chi connectivity index (χ2v) is 8.81. The standard InChI is InChI=1S/C28H27F3N6O2/c29-18-10-13-23(22(32)15-18)35-26(38)7-2-1-3-14-33-28(39)25-16-24(36-37-25)17-8-11-19(12-9-17)34-27-20(30)5-4-6-21(27)31/h4-6,8-13,15-16,34H,1-3,7,14,32H2,(H,33,39)(H,35,38)(H,36,37). The van der Waals surface area contributed by atoms with Crippen molar-refractivity contribution in [3.8, 4) is 11.3 Å². The van der Waals surface area contributed by atoms with Gasteiger partial charge in [-0.3, -0.25) is 14.7 Å². The van der Waals surface area contributed by atoms with Gasteiger partial charge in [-0.2, -0.15) is 5.10 Å². The molecule has 0 fully saturated rings. The molecule has 8 nitrogen and oxygen atoms in total. The highest BCUT2D eigenvalue weighted by Gasteiger charge is 2.12. The van der Waals surface area contributed by atoms with Crippen LogP contribution in [0.15, 0.2) is 66.7 Å². The smallest absolute Gasteiger partial charge is 0.269 e. The van der Waals surface area contributed by atoms with E-state index >= 15 is 0 Å². The van der Waals surface area contributed by atoms with Crippen LogP contribution in [-0.2, 0) is 4.79 Å². The van der Waals surface area contributed by atoms with Gasteiger partial charge in [0.2, 0.25) is 5.91 Å². The topological polar surface area (TPSA) is 125 Å². The van der Waals surface area contributed by atoms with Crippen molar-refractivity contribution >= 4 is 34.6 Å². The maximum Gasteiger partial charge on any atom is 0.269 e. The molecule has 0 bridgehead atoms. The molecule has 2 amide bonds. The largest absolute Gasteiger partial charge is 0.397 e. The summed E-state index contributed by atoms with van der Waals surface area (Å²) in [5.74, 6) is -2.39. The summed E-state index contributed by atoms with van der Waals surface area (Å²) in [4.78, 5) is 24.5. The molecule has 0 unspecified atom stereocenters. The first-order chi connectivity index (χ1) is 18.8. The van der Waals surface area contributed by atoms with Crippen molar-refractivity contribution in [3.05, 3.63) is 89.9 Å². The second-order valence-electron chi connectivity index (χ2n) is 8.81. The molecule has 1 aromatic heterocycles. The van der Waals surface area contributed by atoms with E-state index in [-0.39, 0.29) is 35.3 Å². The van der Waals surface area contributed by atoms with E-state index in [1.807, 2.05) is 0 Å². The van der Waals surface area contributed by atoms with E-state index in [0.29, 0.717) is 42.0 Å². The number of unbranched alkanes of at least 4 members (excludes halogenated alkanes) is 2. The number of aromatic amines is 1. The minimum Gasteiger partial charge on any atom is -0.397 e. The van der Waals surface area contributed by atoms with Crippen LogP contribution in [0.2, 0.25) is 0 Å². The summed E-state index contributed by atoms with van der Waals surface area (Å²) in [6.45, 7) is 0.423. The molecule has 0 spiro atoms. The second kappa shape index (κ2) is 12.6. The average molecular weight is 537 g/mol. The van der Waals surface area contributed by atoms with E-state index in [2.05, 4.69) is 26.1 Å². The van der Waals surface area contributed by atoms with E-state index in [1.165, 1.54) is 30.3 Å². The lowest BCUT2D eigenvalue weighted by Crippen LogP contribution is -2.24. The number of amides is 2. The van der Waals surface area contributed by atoms with Crippen molar-refractivity contribution < 1.29 is 22.8 Å². The van der Waals surface area contributed by atoms with Crippen LogP contribution in [-0.4, -0.2) is 28.6 Å². The molecule has 0 aliphatic heterocycles. The number of para-hydroxylation sites is 1. The first-order valence-corrected chi connectivity index (χ1v) is 12.3. The number of H-pyrrole nitrogens is 1. The molecule has 11 heteroatoms. The zero-order chi connectivity index (χ0) is 27.8. The van der Waals surface area contributed by atoms with Crippen LogP contribution in [0.1, 0.15) is 36.2 Å². The number of hydrogen-bond acceptors (Lipinski definition) is 5. The summed E-state index contributed by atoms with van der Waals surface area (Å²) in [5, 5.41) is 15.1. The number of rotatable bonds is 11. The molecule has 202 valence electrons. The predicted molar refractivity (Wildman–Crippen MR) is 144 cm³/mol. The Morgan fingerprint density at radius 2 is 1.64 bits per heavy atom. The third-order valence-corrected chi connectivity index (χ3v) is 5.89. The zero-order valence-electron chi connectivity index (χ0n) is 20.9. The van der Waals surface area contributed by atoms with E-state index in [4.69, 9.17) is 5.73 Å². The maximum atomic E-state index is 13.9. The highest BCUT2D eigenvalue weighted by molar-refractivity contribution is 5.94. The first-order valence-electron chi connectivity index (χ1n) is 12.3. The fourth-order valence-corrected chi connectivity index (χ4v) is 3.82. The quantitative estimate of drug-likeness (QED) is 0.123. The monoisotopic (exact) mass is 536 g/mol. The van der Waals surface area contributed by atoms with Crippen LogP contribution in [0, 0.1) is 17.5 Å². The van der Waals surface area contributed by atoms with Gasteiger partial charge in [0.15, 0.2) is 0 Å². The number of aromatic nitrogens is 2. The van der Waals surface area contributed by atoms with Gasteiger partial charge in [-0.25, -0.2) is 13.2 Å². The van der Waals surface area contributed by atoms with Gasteiger partial charge in [0, 0.05) is 24.2 Å².